The van der Waals surface area contributed by atoms with Crippen molar-refractivity contribution in [2.24, 2.45) is 0 Å². The summed E-state index contributed by atoms with van der Waals surface area (Å²) < 4.78 is 1.64. The summed E-state index contributed by atoms with van der Waals surface area (Å²) in [4.78, 5) is 15.6. The summed E-state index contributed by atoms with van der Waals surface area (Å²) in [5.74, 6) is 0.486. The van der Waals surface area contributed by atoms with E-state index in [0.29, 0.717) is 12.4 Å². The van der Waals surface area contributed by atoms with Crippen LogP contribution in [0.3, 0.4) is 0 Å². The minimum absolute atomic E-state index is 0.00294. The van der Waals surface area contributed by atoms with Gasteiger partial charge in [0, 0.05) is 18.5 Å². The number of pyridine rings is 2. The molecule has 0 saturated heterocycles. The Labute approximate surface area is 93.4 Å². The van der Waals surface area contributed by atoms with Gasteiger partial charge in [0.2, 0.25) is 0 Å². The van der Waals surface area contributed by atoms with Crippen molar-refractivity contribution in [1.29, 1.82) is 0 Å². The van der Waals surface area contributed by atoms with Crippen LogP contribution < -0.4 is 11.3 Å². The molecule has 0 radical (unpaired) electrons. The number of hydrogen-bond donors (Lipinski definition) is 1. The lowest BCUT2D eigenvalue weighted by atomic mass is 10.2. The van der Waals surface area contributed by atoms with Crippen molar-refractivity contribution in [3.63, 3.8) is 0 Å². The maximum absolute atomic E-state index is 11.6. The van der Waals surface area contributed by atoms with Crippen LogP contribution in [0.5, 0.6) is 0 Å². The fraction of sp³-hybridized carbons (Fsp3) is 0.167. The smallest absolute Gasteiger partial charge is 0.251 e. The predicted octanol–water partition coefficient (Wildman–Crippen LogP) is 1.18. The van der Waals surface area contributed by atoms with Crippen LogP contribution >= 0.6 is 0 Å². The lowest BCUT2D eigenvalue weighted by molar-refractivity contribution is 0.754. The minimum Gasteiger partial charge on any atom is -0.384 e. The van der Waals surface area contributed by atoms with Crippen molar-refractivity contribution in [3.05, 3.63) is 58.1 Å². The fourth-order valence-electron chi connectivity index (χ4n) is 1.46. The third-order valence-corrected chi connectivity index (χ3v) is 2.35. The van der Waals surface area contributed by atoms with Gasteiger partial charge in [0.05, 0.1) is 6.54 Å². The summed E-state index contributed by atoms with van der Waals surface area (Å²) in [6.07, 6.45) is 3.47. The first-order chi connectivity index (χ1) is 7.65. The van der Waals surface area contributed by atoms with Crippen LogP contribution in [-0.4, -0.2) is 9.55 Å². The van der Waals surface area contributed by atoms with Crippen molar-refractivity contribution in [3.8, 4) is 0 Å². The number of nitrogen functional groups attached to an aromatic ring is 1. The molecule has 0 aromatic carbocycles. The van der Waals surface area contributed by atoms with Gasteiger partial charge in [-0.2, -0.15) is 0 Å². The van der Waals surface area contributed by atoms with E-state index in [2.05, 4.69) is 4.98 Å². The number of anilines is 1. The van der Waals surface area contributed by atoms with E-state index < -0.39 is 0 Å². The van der Waals surface area contributed by atoms with Gasteiger partial charge in [0.1, 0.15) is 5.82 Å². The Balaban J connectivity index is 2.27. The van der Waals surface area contributed by atoms with Crippen LogP contribution in [0, 0.1) is 6.92 Å². The van der Waals surface area contributed by atoms with Crippen molar-refractivity contribution in [2.45, 2.75) is 13.5 Å². The van der Waals surface area contributed by atoms with Crippen molar-refractivity contribution < 1.29 is 0 Å². The number of hydrogen-bond acceptors (Lipinski definition) is 3. The highest BCUT2D eigenvalue weighted by Gasteiger charge is 1.98. The average Bonchev–Trinajstić information content (AvgIpc) is 2.25. The zero-order valence-electron chi connectivity index (χ0n) is 9.05. The van der Waals surface area contributed by atoms with Crippen LogP contribution in [0.15, 0.2) is 41.5 Å². The Kier molecular flexibility index (Phi) is 2.72. The lowest BCUT2D eigenvalue weighted by Crippen LogP contribution is -2.19. The summed E-state index contributed by atoms with van der Waals surface area (Å²) >= 11 is 0. The molecule has 0 aliphatic carbocycles. The van der Waals surface area contributed by atoms with Crippen LogP contribution in [0.25, 0.3) is 0 Å². The first-order valence-corrected chi connectivity index (χ1v) is 5.02. The lowest BCUT2D eigenvalue weighted by Gasteiger charge is -2.05. The Morgan fingerprint density at radius 3 is 2.81 bits per heavy atom. The largest absolute Gasteiger partial charge is 0.384 e. The molecule has 2 N–H and O–H groups in total. The fourth-order valence-corrected chi connectivity index (χ4v) is 1.46. The molecule has 4 nitrogen and oxygen atoms in total. The monoisotopic (exact) mass is 215 g/mol. The minimum atomic E-state index is -0.00294. The SMILES string of the molecule is Cc1ccn(Cc2ccc(N)nc2)c(=O)c1. The van der Waals surface area contributed by atoms with Gasteiger partial charge in [0.25, 0.3) is 5.56 Å². The molecule has 0 atom stereocenters. The molecule has 0 saturated carbocycles. The Morgan fingerprint density at radius 1 is 1.38 bits per heavy atom. The van der Waals surface area contributed by atoms with Crippen molar-refractivity contribution in [2.75, 3.05) is 5.73 Å². The number of aromatic nitrogens is 2. The molecule has 0 aliphatic rings. The second-order valence-corrected chi connectivity index (χ2v) is 3.76. The van der Waals surface area contributed by atoms with E-state index in [1.165, 1.54) is 0 Å². The van der Waals surface area contributed by atoms with Crippen LogP contribution in [-0.2, 0) is 6.54 Å². The highest BCUT2D eigenvalue weighted by atomic mass is 16.1. The van der Waals surface area contributed by atoms with E-state index in [4.69, 9.17) is 5.73 Å². The molecule has 16 heavy (non-hydrogen) atoms. The first-order valence-electron chi connectivity index (χ1n) is 5.02. The zero-order valence-corrected chi connectivity index (χ0v) is 9.05. The van der Waals surface area contributed by atoms with E-state index in [9.17, 15) is 4.79 Å². The van der Waals surface area contributed by atoms with Crippen LogP contribution in [0.4, 0.5) is 5.82 Å². The molecule has 4 heteroatoms. The Hall–Kier alpha value is -2.10. The van der Waals surface area contributed by atoms with Gasteiger partial charge < -0.3 is 10.3 Å². The maximum Gasteiger partial charge on any atom is 0.251 e. The molecule has 0 amide bonds. The van der Waals surface area contributed by atoms with E-state index in [1.54, 1.807) is 29.1 Å². The van der Waals surface area contributed by atoms with Crippen LogP contribution in [0.2, 0.25) is 0 Å². The van der Waals surface area contributed by atoms with E-state index in [-0.39, 0.29) is 5.56 Å². The normalized spacial score (nSPS) is 10.3. The molecule has 0 bridgehead atoms. The Bertz CT molecular complexity index is 543. The molecule has 0 unspecified atom stereocenters. The zero-order chi connectivity index (χ0) is 11.5. The quantitative estimate of drug-likeness (QED) is 0.818. The summed E-state index contributed by atoms with van der Waals surface area (Å²) in [5.41, 5.74) is 7.41. The predicted molar refractivity (Wildman–Crippen MR) is 63.2 cm³/mol. The highest BCUT2D eigenvalue weighted by Crippen LogP contribution is 2.03. The van der Waals surface area contributed by atoms with Gasteiger partial charge in [-0.3, -0.25) is 4.79 Å². The second kappa shape index (κ2) is 4.18. The summed E-state index contributed by atoms with van der Waals surface area (Å²) in [7, 11) is 0. The Morgan fingerprint density at radius 2 is 2.19 bits per heavy atom. The topological polar surface area (TPSA) is 60.9 Å². The van der Waals surface area contributed by atoms with Gasteiger partial charge in [0.15, 0.2) is 0 Å². The van der Waals surface area contributed by atoms with Crippen molar-refractivity contribution >= 4 is 5.82 Å². The summed E-state index contributed by atoms with van der Waals surface area (Å²) in [6.45, 7) is 2.42. The third-order valence-electron chi connectivity index (χ3n) is 2.35. The molecule has 2 aromatic heterocycles. The number of rotatable bonds is 2. The molecule has 0 aliphatic heterocycles. The second-order valence-electron chi connectivity index (χ2n) is 3.76. The van der Waals surface area contributed by atoms with Gasteiger partial charge in [-0.1, -0.05) is 6.07 Å². The number of nitrogens with two attached hydrogens (primary N) is 1. The molecular formula is C12H13N3O. The summed E-state index contributed by atoms with van der Waals surface area (Å²) in [5, 5.41) is 0. The van der Waals surface area contributed by atoms with Gasteiger partial charge in [-0.15, -0.1) is 0 Å². The molecular weight excluding hydrogens is 202 g/mol. The van der Waals surface area contributed by atoms with Crippen molar-refractivity contribution in [1.82, 2.24) is 9.55 Å². The molecule has 2 heterocycles. The molecule has 2 aromatic rings. The number of nitrogens with zero attached hydrogens (tertiary/aromatic N) is 2. The molecule has 0 fully saturated rings. The molecule has 0 spiro atoms. The van der Waals surface area contributed by atoms with Gasteiger partial charge in [-0.05, 0) is 30.2 Å². The first kappa shape index (κ1) is 10.4. The number of aryl methyl sites for hydroxylation is 1. The van der Waals surface area contributed by atoms with Gasteiger partial charge in [-0.25, -0.2) is 4.98 Å². The highest BCUT2D eigenvalue weighted by molar-refractivity contribution is 5.29. The standard InChI is InChI=1S/C12H13N3O/c1-9-4-5-15(12(16)6-9)8-10-2-3-11(13)14-7-10/h2-7H,8H2,1H3,(H2,13,14). The van der Waals surface area contributed by atoms with E-state index in [0.717, 1.165) is 11.1 Å². The van der Waals surface area contributed by atoms with Crippen LogP contribution in [0.1, 0.15) is 11.1 Å². The van der Waals surface area contributed by atoms with E-state index in [1.807, 2.05) is 19.1 Å². The van der Waals surface area contributed by atoms with Gasteiger partial charge >= 0.3 is 0 Å². The molecule has 2 rings (SSSR count). The maximum atomic E-state index is 11.6. The van der Waals surface area contributed by atoms with E-state index >= 15 is 0 Å². The molecule has 82 valence electrons. The summed E-state index contributed by atoms with van der Waals surface area (Å²) in [6, 6.07) is 7.13. The average molecular weight is 215 g/mol. The third kappa shape index (κ3) is 2.28.